The molecular weight excluding hydrogens is 362 g/mol. The minimum Gasteiger partial charge on any atom is -0.478 e. The Hall–Kier alpha value is -2.33. The zero-order valence-electron chi connectivity index (χ0n) is 15.2. The number of carbonyl (C=O) groups excluding carboxylic acids is 1. The maximum atomic E-state index is 12.8. The van der Waals surface area contributed by atoms with Gasteiger partial charge in [0.05, 0.1) is 5.56 Å². The Balaban J connectivity index is 1.59. The van der Waals surface area contributed by atoms with Gasteiger partial charge >= 0.3 is 5.97 Å². The first kappa shape index (κ1) is 19.4. The first-order valence-electron chi connectivity index (χ1n) is 9.36. The van der Waals surface area contributed by atoms with E-state index in [2.05, 4.69) is 0 Å². The summed E-state index contributed by atoms with van der Waals surface area (Å²) in [6.45, 7) is 1.48. The van der Waals surface area contributed by atoms with Gasteiger partial charge in [0, 0.05) is 24.5 Å². The summed E-state index contributed by atoms with van der Waals surface area (Å²) in [6.07, 6.45) is 3.95. The minimum atomic E-state index is -0.948. The number of carboxylic acids is 1. The summed E-state index contributed by atoms with van der Waals surface area (Å²) >= 11 is 5.93. The predicted molar refractivity (Wildman–Crippen MR) is 106 cm³/mol. The molecule has 2 aromatic rings. The van der Waals surface area contributed by atoms with Crippen LogP contribution in [0.5, 0.6) is 0 Å². The van der Waals surface area contributed by atoms with E-state index in [1.807, 2.05) is 35.2 Å². The summed E-state index contributed by atoms with van der Waals surface area (Å²) < 4.78 is 0. The van der Waals surface area contributed by atoms with Crippen molar-refractivity contribution >= 4 is 23.5 Å². The number of aromatic carboxylic acids is 1. The molecule has 0 bridgehead atoms. The lowest BCUT2D eigenvalue weighted by molar-refractivity contribution is -0.131. The Morgan fingerprint density at radius 1 is 1.04 bits per heavy atom. The van der Waals surface area contributed by atoms with E-state index in [-0.39, 0.29) is 11.5 Å². The smallest absolute Gasteiger partial charge is 0.335 e. The highest BCUT2D eigenvalue weighted by atomic mass is 35.5. The monoisotopic (exact) mass is 385 g/mol. The molecule has 0 heterocycles. The fraction of sp³-hybridized carbons (Fsp3) is 0.364. The second-order valence-electron chi connectivity index (χ2n) is 7.12. The number of hydrogen-bond acceptors (Lipinski definition) is 2. The fourth-order valence-corrected chi connectivity index (χ4v) is 3.32. The van der Waals surface area contributed by atoms with Gasteiger partial charge in [-0.3, -0.25) is 4.79 Å². The van der Waals surface area contributed by atoms with Crippen LogP contribution >= 0.6 is 11.6 Å². The third-order valence-electron chi connectivity index (χ3n) is 4.97. The third kappa shape index (κ3) is 5.83. The molecule has 1 aliphatic carbocycles. The van der Waals surface area contributed by atoms with E-state index in [4.69, 9.17) is 11.6 Å². The van der Waals surface area contributed by atoms with Crippen LogP contribution in [0.2, 0.25) is 5.02 Å². The van der Waals surface area contributed by atoms with E-state index in [9.17, 15) is 14.7 Å². The van der Waals surface area contributed by atoms with Gasteiger partial charge < -0.3 is 10.0 Å². The van der Waals surface area contributed by atoms with E-state index in [1.165, 1.54) is 12.8 Å². The van der Waals surface area contributed by atoms with Gasteiger partial charge in [0.2, 0.25) is 5.91 Å². The Morgan fingerprint density at radius 3 is 2.41 bits per heavy atom. The predicted octanol–water partition coefficient (Wildman–Crippen LogP) is 4.45. The largest absolute Gasteiger partial charge is 0.478 e. The molecule has 142 valence electrons. The van der Waals surface area contributed by atoms with Crippen LogP contribution in [0.25, 0.3) is 0 Å². The Kier molecular flexibility index (Phi) is 6.51. The molecule has 2 aromatic carbocycles. The quantitative estimate of drug-likeness (QED) is 0.693. The highest BCUT2D eigenvalue weighted by Crippen LogP contribution is 2.30. The number of rotatable bonds is 9. The van der Waals surface area contributed by atoms with Crippen LogP contribution in [0.1, 0.15) is 40.7 Å². The van der Waals surface area contributed by atoms with Crippen molar-refractivity contribution in [3.63, 3.8) is 0 Å². The number of benzene rings is 2. The molecule has 4 nitrogen and oxygen atoms in total. The van der Waals surface area contributed by atoms with Crippen molar-refractivity contribution in [2.45, 2.75) is 32.1 Å². The van der Waals surface area contributed by atoms with Gasteiger partial charge in [-0.05, 0) is 60.9 Å². The molecule has 0 atom stereocenters. The standard InChI is InChI=1S/C22H24ClNO3/c23-19-10-7-16(8-11-19)13-14-24(15-17-5-6-17)21(25)12-9-18-3-1-2-4-20(18)22(26)27/h1-4,7-8,10-11,17H,5-6,9,12-15H2,(H,26,27). The van der Waals surface area contributed by atoms with Gasteiger partial charge in [-0.2, -0.15) is 0 Å². The number of nitrogens with zero attached hydrogens (tertiary/aromatic N) is 1. The van der Waals surface area contributed by atoms with E-state index in [0.29, 0.717) is 35.9 Å². The molecule has 3 rings (SSSR count). The number of carboxylic acid groups (broad SMARTS) is 1. The third-order valence-corrected chi connectivity index (χ3v) is 5.22. The highest BCUT2D eigenvalue weighted by Gasteiger charge is 2.26. The number of carbonyl (C=O) groups is 2. The molecule has 0 spiro atoms. The number of amides is 1. The van der Waals surface area contributed by atoms with Crippen LogP contribution < -0.4 is 0 Å². The average Bonchev–Trinajstić information content (AvgIpc) is 3.48. The summed E-state index contributed by atoms with van der Waals surface area (Å²) in [6, 6.07) is 14.6. The van der Waals surface area contributed by atoms with Crippen LogP contribution in [0.15, 0.2) is 48.5 Å². The first-order chi connectivity index (χ1) is 13.0. The van der Waals surface area contributed by atoms with Gasteiger partial charge in [0.25, 0.3) is 0 Å². The molecule has 1 fully saturated rings. The maximum absolute atomic E-state index is 12.8. The van der Waals surface area contributed by atoms with E-state index in [1.54, 1.807) is 18.2 Å². The number of aryl methyl sites for hydroxylation is 1. The lowest BCUT2D eigenvalue weighted by Crippen LogP contribution is -2.35. The first-order valence-corrected chi connectivity index (χ1v) is 9.74. The number of hydrogen-bond donors (Lipinski definition) is 1. The van der Waals surface area contributed by atoms with Crippen molar-refractivity contribution in [2.24, 2.45) is 5.92 Å². The van der Waals surface area contributed by atoms with Gasteiger partial charge in [-0.1, -0.05) is 41.9 Å². The Bertz CT molecular complexity index is 799. The van der Waals surface area contributed by atoms with Crippen LogP contribution in [0, 0.1) is 5.92 Å². The molecule has 0 aromatic heterocycles. The molecular formula is C22H24ClNO3. The van der Waals surface area contributed by atoms with Crippen molar-refractivity contribution in [1.29, 1.82) is 0 Å². The molecule has 27 heavy (non-hydrogen) atoms. The topological polar surface area (TPSA) is 57.6 Å². The molecule has 1 amide bonds. The molecule has 0 aliphatic heterocycles. The van der Waals surface area contributed by atoms with Gasteiger partial charge in [-0.15, -0.1) is 0 Å². The SMILES string of the molecule is O=C(O)c1ccccc1CCC(=O)N(CCc1ccc(Cl)cc1)CC1CC1. The summed E-state index contributed by atoms with van der Waals surface area (Å²) in [5, 5.41) is 10.0. The molecule has 1 N–H and O–H groups in total. The van der Waals surface area contributed by atoms with Crippen molar-refractivity contribution < 1.29 is 14.7 Å². The van der Waals surface area contributed by atoms with E-state index >= 15 is 0 Å². The minimum absolute atomic E-state index is 0.0936. The summed E-state index contributed by atoms with van der Waals surface area (Å²) in [5.74, 6) is -0.239. The molecule has 5 heteroatoms. The van der Waals surface area contributed by atoms with Crippen molar-refractivity contribution in [1.82, 2.24) is 4.90 Å². The van der Waals surface area contributed by atoms with Gasteiger partial charge in [0.1, 0.15) is 0 Å². The van der Waals surface area contributed by atoms with Gasteiger partial charge in [-0.25, -0.2) is 4.79 Å². The van der Waals surface area contributed by atoms with E-state index < -0.39 is 5.97 Å². The lowest BCUT2D eigenvalue weighted by Gasteiger charge is -2.23. The zero-order valence-corrected chi connectivity index (χ0v) is 16.0. The Morgan fingerprint density at radius 2 is 1.74 bits per heavy atom. The van der Waals surface area contributed by atoms with Crippen LogP contribution in [-0.2, 0) is 17.6 Å². The van der Waals surface area contributed by atoms with Crippen molar-refractivity contribution in [3.8, 4) is 0 Å². The second-order valence-corrected chi connectivity index (χ2v) is 7.56. The van der Waals surface area contributed by atoms with Crippen LogP contribution in [0.3, 0.4) is 0 Å². The molecule has 1 aliphatic rings. The molecule has 0 saturated heterocycles. The number of halogens is 1. The summed E-state index contributed by atoms with van der Waals surface area (Å²) in [5.41, 5.74) is 2.15. The lowest BCUT2D eigenvalue weighted by atomic mass is 10.0. The van der Waals surface area contributed by atoms with Crippen LogP contribution in [0.4, 0.5) is 0 Å². The molecule has 1 saturated carbocycles. The maximum Gasteiger partial charge on any atom is 0.335 e. The summed E-state index contributed by atoms with van der Waals surface area (Å²) in [4.78, 5) is 26.1. The van der Waals surface area contributed by atoms with E-state index in [0.717, 1.165) is 18.5 Å². The molecule has 0 radical (unpaired) electrons. The van der Waals surface area contributed by atoms with Crippen molar-refractivity contribution in [2.75, 3.05) is 13.1 Å². The Labute approximate surface area is 164 Å². The zero-order chi connectivity index (χ0) is 19.2. The normalized spacial score (nSPS) is 13.4. The highest BCUT2D eigenvalue weighted by molar-refractivity contribution is 6.30. The second kappa shape index (κ2) is 9.05. The average molecular weight is 386 g/mol. The summed E-state index contributed by atoms with van der Waals surface area (Å²) in [7, 11) is 0. The van der Waals surface area contributed by atoms with Crippen molar-refractivity contribution in [3.05, 3.63) is 70.2 Å². The van der Waals surface area contributed by atoms with Gasteiger partial charge in [0.15, 0.2) is 0 Å². The fourth-order valence-electron chi connectivity index (χ4n) is 3.19. The van der Waals surface area contributed by atoms with Crippen LogP contribution in [-0.4, -0.2) is 35.0 Å². The molecule has 0 unspecified atom stereocenters.